The van der Waals surface area contributed by atoms with E-state index >= 15 is 0 Å². The molecular weight excluding hydrogens is 322 g/mol. The summed E-state index contributed by atoms with van der Waals surface area (Å²) in [5.74, 6) is -1.14. The van der Waals surface area contributed by atoms with Gasteiger partial charge in [0.1, 0.15) is 0 Å². The first-order valence-corrected chi connectivity index (χ1v) is 8.49. The lowest BCUT2D eigenvalue weighted by atomic mass is 10.0. The number of imide groups is 1. The Balaban J connectivity index is 2.04. The van der Waals surface area contributed by atoms with Gasteiger partial charge in [0.2, 0.25) is 0 Å². The first-order valence-electron chi connectivity index (χ1n) is 8.49. The molecule has 2 rings (SSSR count). The molecule has 1 aliphatic rings. The molecule has 0 fully saturated rings. The Morgan fingerprint density at radius 2 is 1.64 bits per heavy atom. The quantitative estimate of drug-likeness (QED) is 0.560. The summed E-state index contributed by atoms with van der Waals surface area (Å²) in [5, 5.41) is 0. The number of nitrogens with zero attached hydrogens (tertiary/aromatic N) is 1. The van der Waals surface area contributed by atoms with Gasteiger partial charge in [-0.1, -0.05) is 19.1 Å². The molecule has 1 heterocycles. The molecule has 6 heteroatoms. The Bertz CT molecular complexity index is 647. The molecule has 0 bridgehead atoms. The molecule has 0 radical (unpaired) electrons. The van der Waals surface area contributed by atoms with Crippen molar-refractivity contribution in [3.63, 3.8) is 0 Å². The molecular formula is C19H25NO5. The minimum Gasteiger partial charge on any atom is -0.461 e. The van der Waals surface area contributed by atoms with Gasteiger partial charge in [0, 0.05) is 0 Å². The summed E-state index contributed by atoms with van der Waals surface area (Å²) in [4.78, 5) is 38.3. The number of carbonyl (C=O) groups excluding carboxylic acids is 3. The average Bonchev–Trinajstić information content (AvgIpc) is 2.84. The van der Waals surface area contributed by atoms with Crippen LogP contribution in [0.2, 0.25) is 0 Å². The van der Waals surface area contributed by atoms with Crippen LogP contribution in [-0.2, 0) is 14.3 Å². The normalized spacial score (nSPS) is 16.6. The third-order valence-electron chi connectivity index (χ3n) is 4.31. The Hall–Kier alpha value is -2.21. The molecule has 136 valence electrons. The van der Waals surface area contributed by atoms with Gasteiger partial charge >= 0.3 is 5.97 Å². The lowest BCUT2D eigenvalue weighted by molar-refractivity contribution is -0.162. The Morgan fingerprint density at radius 3 is 2.12 bits per heavy atom. The van der Waals surface area contributed by atoms with Crippen LogP contribution in [0.25, 0.3) is 0 Å². The van der Waals surface area contributed by atoms with Crippen molar-refractivity contribution in [1.29, 1.82) is 0 Å². The van der Waals surface area contributed by atoms with Crippen LogP contribution >= 0.6 is 0 Å². The summed E-state index contributed by atoms with van der Waals surface area (Å²) in [5.41, 5.74) is -0.104. The van der Waals surface area contributed by atoms with Crippen LogP contribution in [-0.4, -0.2) is 47.0 Å². The molecule has 0 saturated carbocycles. The molecule has 0 aliphatic carbocycles. The minimum absolute atomic E-state index is 0.0369. The van der Waals surface area contributed by atoms with Gasteiger partial charge < -0.3 is 9.47 Å². The monoisotopic (exact) mass is 347 g/mol. The lowest BCUT2D eigenvalue weighted by Crippen LogP contribution is -2.51. The molecule has 1 aromatic carbocycles. The zero-order chi connectivity index (χ0) is 18.8. The first-order chi connectivity index (χ1) is 11.7. The summed E-state index contributed by atoms with van der Waals surface area (Å²) in [6.07, 6.45) is -0.231. The fourth-order valence-corrected chi connectivity index (χ4v) is 2.58. The standard InChI is InChI=1S/C19H25NO5/c1-6-12(2)25-18(23)13(3)24-11-19(4,5)20-16(21)14-9-7-8-10-15(14)17(20)22/h7-10,12-13H,6,11H2,1-5H3. The number of esters is 1. The van der Waals surface area contributed by atoms with Gasteiger partial charge in [-0.3, -0.25) is 14.5 Å². The van der Waals surface area contributed by atoms with Gasteiger partial charge in [-0.15, -0.1) is 0 Å². The first kappa shape index (κ1) is 19.1. The molecule has 0 saturated heterocycles. The number of ether oxygens (including phenoxy) is 2. The third-order valence-corrected chi connectivity index (χ3v) is 4.31. The van der Waals surface area contributed by atoms with Crippen molar-refractivity contribution in [2.75, 3.05) is 6.61 Å². The van der Waals surface area contributed by atoms with Crippen molar-refractivity contribution in [3.05, 3.63) is 35.4 Å². The molecule has 25 heavy (non-hydrogen) atoms. The van der Waals surface area contributed by atoms with E-state index in [4.69, 9.17) is 9.47 Å². The number of carbonyl (C=O) groups is 3. The molecule has 2 amide bonds. The Labute approximate surface area is 148 Å². The van der Waals surface area contributed by atoms with E-state index in [-0.39, 0.29) is 24.5 Å². The smallest absolute Gasteiger partial charge is 0.335 e. The van der Waals surface area contributed by atoms with Crippen LogP contribution in [0.4, 0.5) is 0 Å². The summed E-state index contributed by atoms with van der Waals surface area (Å²) in [7, 11) is 0. The SMILES string of the molecule is CCC(C)OC(=O)C(C)OCC(C)(C)N1C(=O)c2ccccc2C1=O. The fraction of sp³-hybridized carbons (Fsp3) is 0.526. The van der Waals surface area contributed by atoms with Crippen molar-refractivity contribution in [2.45, 2.75) is 58.8 Å². The summed E-state index contributed by atoms with van der Waals surface area (Å²) in [6, 6.07) is 6.73. The Kier molecular flexibility index (Phi) is 5.62. The second-order valence-corrected chi connectivity index (χ2v) is 6.91. The molecule has 0 aromatic heterocycles. The van der Waals surface area contributed by atoms with Gasteiger partial charge in [-0.25, -0.2) is 4.79 Å². The van der Waals surface area contributed by atoms with E-state index in [1.54, 1.807) is 45.0 Å². The highest BCUT2D eigenvalue weighted by Gasteiger charge is 2.44. The van der Waals surface area contributed by atoms with Gasteiger partial charge in [-0.2, -0.15) is 0 Å². The van der Waals surface area contributed by atoms with Gasteiger partial charge in [-0.05, 0) is 46.2 Å². The maximum absolute atomic E-state index is 12.6. The highest BCUT2D eigenvalue weighted by atomic mass is 16.6. The second kappa shape index (κ2) is 7.35. The largest absolute Gasteiger partial charge is 0.461 e. The zero-order valence-corrected chi connectivity index (χ0v) is 15.4. The van der Waals surface area contributed by atoms with Crippen molar-refractivity contribution in [1.82, 2.24) is 4.90 Å². The van der Waals surface area contributed by atoms with E-state index in [0.29, 0.717) is 11.1 Å². The van der Waals surface area contributed by atoms with Crippen molar-refractivity contribution >= 4 is 17.8 Å². The molecule has 2 unspecified atom stereocenters. The van der Waals surface area contributed by atoms with Crippen LogP contribution in [0.3, 0.4) is 0 Å². The molecule has 1 aliphatic heterocycles. The fourth-order valence-electron chi connectivity index (χ4n) is 2.58. The van der Waals surface area contributed by atoms with Gasteiger partial charge in [0.25, 0.3) is 11.8 Å². The number of amides is 2. The van der Waals surface area contributed by atoms with Crippen molar-refractivity contribution < 1.29 is 23.9 Å². The Morgan fingerprint density at radius 1 is 1.12 bits per heavy atom. The van der Waals surface area contributed by atoms with Crippen molar-refractivity contribution in [2.24, 2.45) is 0 Å². The van der Waals surface area contributed by atoms with Gasteiger partial charge in [0.05, 0.1) is 29.4 Å². The van der Waals surface area contributed by atoms with E-state index in [0.717, 1.165) is 6.42 Å². The van der Waals surface area contributed by atoms with Crippen LogP contribution in [0.15, 0.2) is 24.3 Å². The van der Waals surface area contributed by atoms with E-state index in [9.17, 15) is 14.4 Å². The van der Waals surface area contributed by atoms with E-state index in [2.05, 4.69) is 0 Å². The van der Waals surface area contributed by atoms with Crippen LogP contribution in [0, 0.1) is 0 Å². The predicted molar refractivity (Wildman–Crippen MR) is 92.3 cm³/mol. The summed E-state index contributed by atoms with van der Waals surface area (Å²) < 4.78 is 10.8. The number of fused-ring (bicyclic) bond motifs is 1. The van der Waals surface area contributed by atoms with Crippen molar-refractivity contribution in [3.8, 4) is 0 Å². The molecule has 1 aromatic rings. The third kappa shape index (κ3) is 3.90. The second-order valence-electron chi connectivity index (χ2n) is 6.91. The highest BCUT2D eigenvalue weighted by molar-refractivity contribution is 6.21. The van der Waals surface area contributed by atoms with E-state index < -0.39 is 17.6 Å². The highest BCUT2D eigenvalue weighted by Crippen LogP contribution is 2.29. The predicted octanol–water partition coefficient (Wildman–Crippen LogP) is 2.81. The molecule has 0 spiro atoms. The lowest BCUT2D eigenvalue weighted by Gasteiger charge is -2.34. The number of rotatable bonds is 7. The average molecular weight is 347 g/mol. The maximum atomic E-state index is 12.6. The summed E-state index contributed by atoms with van der Waals surface area (Å²) in [6.45, 7) is 8.85. The van der Waals surface area contributed by atoms with E-state index in [1.807, 2.05) is 13.8 Å². The van der Waals surface area contributed by atoms with Crippen LogP contribution < -0.4 is 0 Å². The van der Waals surface area contributed by atoms with Crippen LogP contribution in [0.5, 0.6) is 0 Å². The summed E-state index contributed by atoms with van der Waals surface area (Å²) >= 11 is 0. The molecule has 2 atom stereocenters. The number of benzene rings is 1. The maximum Gasteiger partial charge on any atom is 0.335 e. The van der Waals surface area contributed by atoms with Crippen LogP contribution in [0.1, 0.15) is 61.8 Å². The number of hydrogen-bond acceptors (Lipinski definition) is 5. The molecule has 0 N–H and O–H groups in total. The zero-order valence-electron chi connectivity index (χ0n) is 15.4. The molecule has 6 nitrogen and oxygen atoms in total. The number of hydrogen-bond donors (Lipinski definition) is 0. The minimum atomic E-state index is -0.891. The van der Waals surface area contributed by atoms with E-state index in [1.165, 1.54) is 4.90 Å². The topological polar surface area (TPSA) is 72.9 Å². The van der Waals surface area contributed by atoms with Gasteiger partial charge in [0.15, 0.2) is 6.10 Å².